The van der Waals surface area contributed by atoms with Gasteiger partial charge in [-0.15, -0.1) is 11.3 Å². The van der Waals surface area contributed by atoms with Crippen LogP contribution in [0.25, 0.3) is 10.2 Å². The molecule has 0 spiro atoms. The van der Waals surface area contributed by atoms with E-state index in [4.69, 9.17) is 4.74 Å². The fourth-order valence-corrected chi connectivity index (χ4v) is 4.54. The smallest absolute Gasteiger partial charge is 0.263 e. The van der Waals surface area contributed by atoms with Gasteiger partial charge in [0.2, 0.25) is 5.91 Å². The largest absolute Gasteiger partial charge is 0.383 e. The molecule has 0 unspecified atom stereocenters. The summed E-state index contributed by atoms with van der Waals surface area (Å²) in [6, 6.07) is 9.28. The second kappa shape index (κ2) is 8.69. The maximum Gasteiger partial charge on any atom is 0.263 e. The number of methoxy groups -OCH3 is 1. The van der Waals surface area contributed by atoms with Gasteiger partial charge in [0.25, 0.3) is 5.56 Å². The Bertz CT molecular complexity index is 1010. The predicted molar refractivity (Wildman–Crippen MR) is 111 cm³/mol. The lowest BCUT2D eigenvalue weighted by atomic mass is 10.2. The SMILES string of the molecule is COCCn1c(SCC(=O)Nc2ccccc2)nc2sc(C)c(C)c2c1=O. The number of fused-ring (bicyclic) bond motifs is 1. The number of ether oxygens (including phenoxy) is 1. The molecule has 1 amide bonds. The van der Waals surface area contributed by atoms with Gasteiger partial charge in [-0.1, -0.05) is 30.0 Å². The maximum atomic E-state index is 13.0. The topological polar surface area (TPSA) is 73.2 Å². The number of rotatable bonds is 7. The highest BCUT2D eigenvalue weighted by atomic mass is 32.2. The number of benzene rings is 1. The van der Waals surface area contributed by atoms with Crippen molar-refractivity contribution in [3.05, 3.63) is 51.1 Å². The first kappa shape index (κ1) is 19.6. The molecule has 8 heteroatoms. The lowest BCUT2D eigenvalue weighted by Gasteiger charge is -2.12. The van der Waals surface area contributed by atoms with E-state index in [2.05, 4.69) is 10.3 Å². The standard InChI is InChI=1S/C19H21N3O3S2/c1-12-13(2)27-17-16(12)18(24)22(9-10-25-3)19(21-17)26-11-15(23)20-14-7-5-4-6-8-14/h4-8H,9-11H2,1-3H3,(H,20,23). The molecule has 3 rings (SSSR count). The van der Waals surface area contributed by atoms with E-state index in [1.165, 1.54) is 23.1 Å². The average molecular weight is 404 g/mol. The molecule has 1 N–H and O–H groups in total. The number of nitrogens with zero attached hydrogens (tertiary/aromatic N) is 2. The number of nitrogens with one attached hydrogen (secondary N) is 1. The van der Waals surface area contributed by atoms with E-state index in [-0.39, 0.29) is 17.2 Å². The van der Waals surface area contributed by atoms with Crippen molar-refractivity contribution >= 4 is 44.9 Å². The number of hydrogen-bond acceptors (Lipinski definition) is 6. The summed E-state index contributed by atoms with van der Waals surface area (Å²) in [5.74, 6) is 0.0285. The van der Waals surface area contributed by atoms with Crippen LogP contribution in [0, 0.1) is 13.8 Å². The second-order valence-corrected chi connectivity index (χ2v) is 8.16. The maximum absolute atomic E-state index is 13.0. The first-order chi connectivity index (χ1) is 13.0. The number of hydrogen-bond donors (Lipinski definition) is 1. The molecule has 27 heavy (non-hydrogen) atoms. The Labute approximate surface area is 165 Å². The molecule has 2 heterocycles. The Balaban J connectivity index is 1.86. The molecular formula is C19H21N3O3S2. The summed E-state index contributed by atoms with van der Waals surface area (Å²) in [6.07, 6.45) is 0. The summed E-state index contributed by atoms with van der Waals surface area (Å²) in [6.45, 7) is 4.73. The van der Waals surface area contributed by atoms with Crippen LogP contribution < -0.4 is 10.9 Å². The number of thiophene rings is 1. The molecule has 0 saturated carbocycles. The number of aryl methyl sites for hydroxylation is 2. The Hall–Kier alpha value is -2.16. The summed E-state index contributed by atoms with van der Waals surface area (Å²) in [4.78, 5) is 31.7. The van der Waals surface area contributed by atoms with E-state index in [0.717, 1.165) is 21.0 Å². The molecule has 0 radical (unpaired) electrons. The highest BCUT2D eigenvalue weighted by molar-refractivity contribution is 7.99. The summed E-state index contributed by atoms with van der Waals surface area (Å²) in [7, 11) is 1.59. The number of para-hydroxylation sites is 1. The number of anilines is 1. The molecule has 1 aromatic carbocycles. The second-order valence-electron chi connectivity index (χ2n) is 6.01. The quantitative estimate of drug-likeness (QED) is 0.483. The summed E-state index contributed by atoms with van der Waals surface area (Å²) < 4.78 is 6.74. The monoisotopic (exact) mass is 403 g/mol. The van der Waals surface area contributed by atoms with Crippen LogP contribution in [0.15, 0.2) is 40.3 Å². The number of thioether (sulfide) groups is 1. The average Bonchev–Trinajstić information content (AvgIpc) is 2.94. The van der Waals surface area contributed by atoms with Crippen LogP contribution in [0.3, 0.4) is 0 Å². The van der Waals surface area contributed by atoms with Gasteiger partial charge in [0, 0.05) is 17.7 Å². The Morgan fingerprint density at radius 2 is 2.04 bits per heavy atom. The van der Waals surface area contributed by atoms with E-state index in [1.54, 1.807) is 11.7 Å². The zero-order chi connectivity index (χ0) is 19.4. The zero-order valence-corrected chi connectivity index (χ0v) is 17.1. The highest BCUT2D eigenvalue weighted by Crippen LogP contribution is 2.28. The molecule has 0 atom stereocenters. The van der Waals surface area contributed by atoms with Crippen LogP contribution in [0.5, 0.6) is 0 Å². The van der Waals surface area contributed by atoms with E-state index in [9.17, 15) is 9.59 Å². The predicted octanol–water partition coefficient (Wildman–Crippen LogP) is 3.45. The molecule has 0 aliphatic carbocycles. The number of amides is 1. The minimum absolute atomic E-state index is 0.0788. The van der Waals surface area contributed by atoms with Gasteiger partial charge in [-0.2, -0.15) is 0 Å². The third-order valence-corrected chi connectivity index (χ3v) is 6.24. The molecule has 2 aromatic heterocycles. The fraction of sp³-hybridized carbons (Fsp3) is 0.316. The third kappa shape index (κ3) is 4.40. The first-order valence-electron chi connectivity index (χ1n) is 8.48. The number of carbonyl (C=O) groups is 1. The van der Waals surface area contributed by atoms with Gasteiger partial charge in [0.05, 0.1) is 24.3 Å². The molecular weight excluding hydrogens is 382 g/mol. The van der Waals surface area contributed by atoms with Crippen LogP contribution >= 0.6 is 23.1 Å². The molecule has 0 bridgehead atoms. The van der Waals surface area contributed by atoms with Crippen LogP contribution in [0.1, 0.15) is 10.4 Å². The fourth-order valence-electron chi connectivity index (χ4n) is 2.65. The third-order valence-electron chi connectivity index (χ3n) is 4.16. The number of carbonyl (C=O) groups excluding carboxylic acids is 1. The Morgan fingerprint density at radius 1 is 1.30 bits per heavy atom. The van der Waals surface area contributed by atoms with Crippen molar-refractivity contribution in [2.45, 2.75) is 25.5 Å². The van der Waals surface area contributed by atoms with Crippen molar-refractivity contribution in [3.8, 4) is 0 Å². The van der Waals surface area contributed by atoms with Gasteiger partial charge in [0.15, 0.2) is 5.16 Å². The summed E-state index contributed by atoms with van der Waals surface area (Å²) in [5, 5.41) is 4.04. The number of aromatic nitrogens is 2. The lowest BCUT2D eigenvalue weighted by molar-refractivity contribution is -0.113. The van der Waals surface area contributed by atoms with E-state index < -0.39 is 0 Å². The summed E-state index contributed by atoms with van der Waals surface area (Å²) >= 11 is 2.77. The van der Waals surface area contributed by atoms with Crippen molar-refractivity contribution in [3.63, 3.8) is 0 Å². The Kier molecular flexibility index (Phi) is 6.30. The normalized spacial score (nSPS) is 11.1. The minimum Gasteiger partial charge on any atom is -0.383 e. The van der Waals surface area contributed by atoms with Gasteiger partial charge in [-0.25, -0.2) is 4.98 Å². The summed E-state index contributed by atoms with van der Waals surface area (Å²) in [5.41, 5.74) is 1.63. The minimum atomic E-state index is -0.141. The van der Waals surface area contributed by atoms with Gasteiger partial charge in [0.1, 0.15) is 4.83 Å². The lowest BCUT2D eigenvalue weighted by Crippen LogP contribution is -2.26. The molecule has 0 fully saturated rings. The van der Waals surface area contributed by atoms with Gasteiger partial charge < -0.3 is 10.1 Å². The molecule has 6 nitrogen and oxygen atoms in total. The van der Waals surface area contributed by atoms with Crippen molar-refractivity contribution in [1.82, 2.24) is 9.55 Å². The molecule has 0 aliphatic heterocycles. The van der Waals surface area contributed by atoms with Crippen molar-refractivity contribution < 1.29 is 9.53 Å². The highest BCUT2D eigenvalue weighted by Gasteiger charge is 2.17. The van der Waals surface area contributed by atoms with Crippen molar-refractivity contribution in [1.29, 1.82) is 0 Å². The molecule has 0 saturated heterocycles. The van der Waals surface area contributed by atoms with Gasteiger partial charge in [-0.05, 0) is 31.5 Å². The van der Waals surface area contributed by atoms with Crippen molar-refractivity contribution in [2.24, 2.45) is 0 Å². The molecule has 0 aliphatic rings. The van der Waals surface area contributed by atoms with Crippen LogP contribution in [0.4, 0.5) is 5.69 Å². The van der Waals surface area contributed by atoms with Gasteiger partial charge >= 0.3 is 0 Å². The van der Waals surface area contributed by atoms with E-state index in [0.29, 0.717) is 23.7 Å². The first-order valence-corrected chi connectivity index (χ1v) is 10.3. The van der Waals surface area contributed by atoms with E-state index >= 15 is 0 Å². The van der Waals surface area contributed by atoms with Crippen LogP contribution in [-0.4, -0.2) is 34.9 Å². The van der Waals surface area contributed by atoms with E-state index in [1.807, 2.05) is 44.2 Å². The van der Waals surface area contributed by atoms with Gasteiger partial charge in [-0.3, -0.25) is 14.2 Å². The molecule has 142 valence electrons. The van der Waals surface area contributed by atoms with Crippen LogP contribution in [0.2, 0.25) is 0 Å². The van der Waals surface area contributed by atoms with Crippen LogP contribution in [-0.2, 0) is 16.1 Å². The Morgan fingerprint density at radius 3 is 2.74 bits per heavy atom. The zero-order valence-electron chi connectivity index (χ0n) is 15.4. The molecule has 3 aromatic rings. The van der Waals surface area contributed by atoms with Crippen molar-refractivity contribution in [2.75, 3.05) is 24.8 Å².